The molecule has 0 spiro atoms. The molecule has 1 fully saturated rings. The second-order valence-electron chi connectivity index (χ2n) is 5.76. The lowest BCUT2D eigenvalue weighted by molar-refractivity contribution is -0.678. The zero-order valence-electron chi connectivity index (χ0n) is 14.3. The van der Waals surface area contributed by atoms with Gasteiger partial charge >= 0.3 is 11.3 Å². The van der Waals surface area contributed by atoms with Crippen LogP contribution in [-0.4, -0.2) is 21.4 Å². The fourth-order valence-corrected chi connectivity index (χ4v) is 3.84. The van der Waals surface area contributed by atoms with Crippen molar-refractivity contribution >= 4 is 28.5 Å². The van der Waals surface area contributed by atoms with E-state index < -0.39 is 11.0 Å². The number of hydrazine groups is 1. The molecule has 9 heteroatoms. The summed E-state index contributed by atoms with van der Waals surface area (Å²) in [5.74, 6) is -0.244. The molecule has 2 aromatic carbocycles. The number of H-pyrrole nitrogens is 1. The van der Waals surface area contributed by atoms with Gasteiger partial charge in [-0.3, -0.25) is 14.7 Å². The van der Waals surface area contributed by atoms with E-state index in [1.807, 2.05) is 60.7 Å². The topological polar surface area (TPSA) is 94.6 Å². The van der Waals surface area contributed by atoms with Crippen LogP contribution in [0.2, 0.25) is 0 Å². The van der Waals surface area contributed by atoms with Gasteiger partial charge in [0.15, 0.2) is 5.17 Å². The van der Waals surface area contributed by atoms with E-state index in [9.17, 15) is 9.59 Å². The van der Waals surface area contributed by atoms with Gasteiger partial charge in [0.2, 0.25) is 17.0 Å². The Morgan fingerprint density at radius 2 is 1.81 bits per heavy atom. The van der Waals surface area contributed by atoms with Gasteiger partial charge in [0, 0.05) is 19.1 Å². The molecule has 1 aromatic heterocycles. The van der Waals surface area contributed by atoms with Crippen molar-refractivity contribution in [1.82, 2.24) is 15.7 Å². The largest absolute Gasteiger partial charge is 0.433 e. The molecule has 27 heavy (non-hydrogen) atoms. The molecule has 1 unspecified atom stereocenters. The van der Waals surface area contributed by atoms with E-state index in [1.54, 1.807) is 0 Å². The fraction of sp³-hybridized carbons (Fsp3) is 0.111. The molecular formula is C18H16N5O3S+. The van der Waals surface area contributed by atoms with Gasteiger partial charge in [-0.05, 0) is 33.8 Å². The predicted molar refractivity (Wildman–Crippen MR) is 100 cm³/mol. The summed E-state index contributed by atoms with van der Waals surface area (Å²) in [6.07, 6.45) is 0. The number of aromatic amines is 1. The number of benzene rings is 2. The molecule has 136 valence electrons. The van der Waals surface area contributed by atoms with E-state index in [4.69, 9.17) is 4.52 Å². The number of rotatable bonds is 3. The summed E-state index contributed by atoms with van der Waals surface area (Å²) in [6, 6.07) is 18.6. The van der Waals surface area contributed by atoms with E-state index in [0.717, 1.165) is 11.4 Å². The minimum atomic E-state index is -0.632. The Kier molecular flexibility index (Phi) is 4.51. The average molecular weight is 382 g/mol. The van der Waals surface area contributed by atoms with Crippen molar-refractivity contribution in [1.29, 1.82) is 0 Å². The van der Waals surface area contributed by atoms with Crippen molar-refractivity contribution in [3.63, 3.8) is 0 Å². The predicted octanol–water partition coefficient (Wildman–Crippen LogP) is 2.03. The lowest BCUT2D eigenvalue weighted by Gasteiger charge is -2.16. The molecule has 1 saturated heterocycles. The summed E-state index contributed by atoms with van der Waals surface area (Å²) in [5.41, 5.74) is 4.17. The number of amidine groups is 1. The number of nitrogens with one attached hydrogen (secondary N) is 2. The monoisotopic (exact) mass is 382 g/mol. The van der Waals surface area contributed by atoms with Crippen LogP contribution in [0.5, 0.6) is 0 Å². The number of hydrogen-bond acceptors (Lipinski definition) is 5. The summed E-state index contributed by atoms with van der Waals surface area (Å²) in [4.78, 5) is 29.1. The minimum absolute atomic E-state index is 0.244. The Labute approximate surface area is 158 Å². The van der Waals surface area contributed by atoms with Gasteiger partial charge in [-0.1, -0.05) is 36.4 Å². The first-order valence-electron chi connectivity index (χ1n) is 8.19. The molecule has 0 bridgehead atoms. The lowest BCUT2D eigenvalue weighted by atomic mass is 10.3. The number of aromatic nitrogens is 2. The van der Waals surface area contributed by atoms with Gasteiger partial charge in [-0.15, -0.1) is 0 Å². The fourth-order valence-electron chi connectivity index (χ4n) is 2.70. The highest BCUT2D eigenvalue weighted by molar-refractivity contribution is 8.14. The second-order valence-corrected chi connectivity index (χ2v) is 6.83. The summed E-state index contributed by atoms with van der Waals surface area (Å²) < 4.78 is 6.54. The van der Waals surface area contributed by atoms with Crippen LogP contribution in [0.25, 0.3) is 5.69 Å². The molecule has 1 aliphatic heterocycles. The highest BCUT2D eigenvalue weighted by Crippen LogP contribution is 2.35. The molecule has 1 atom stereocenters. The number of carbonyl (C=O) groups excluding carboxylic acids is 1. The van der Waals surface area contributed by atoms with Crippen molar-refractivity contribution in [3.8, 4) is 5.69 Å². The van der Waals surface area contributed by atoms with E-state index in [1.165, 1.54) is 28.4 Å². The Hall–Kier alpha value is -3.33. The molecule has 1 aliphatic rings. The van der Waals surface area contributed by atoms with Crippen LogP contribution in [-0.2, 0) is 4.79 Å². The summed E-state index contributed by atoms with van der Waals surface area (Å²) in [5, 5.41) is 3.85. The highest BCUT2D eigenvalue weighted by atomic mass is 32.2. The maximum absolute atomic E-state index is 12.4. The Balaban J connectivity index is 1.75. The van der Waals surface area contributed by atoms with Crippen LogP contribution in [0, 0.1) is 0 Å². The van der Waals surface area contributed by atoms with Gasteiger partial charge in [0.1, 0.15) is 0 Å². The van der Waals surface area contributed by atoms with Gasteiger partial charge in [-0.2, -0.15) is 0 Å². The van der Waals surface area contributed by atoms with Crippen molar-refractivity contribution in [2.45, 2.75) is 12.3 Å². The maximum Gasteiger partial charge on any atom is 0.433 e. The number of amides is 1. The molecule has 2 heterocycles. The number of para-hydroxylation sites is 2. The molecule has 2 N–H and O–H groups in total. The molecule has 4 rings (SSSR count). The van der Waals surface area contributed by atoms with E-state index in [2.05, 4.69) is 15.7 Å². The lowest BCUT2D eigenvalue weighted by Crippen LogP contribution is -2.46. The number of nitrogens with zero attached hydrogens (tertiary/aromatic N) is 3. The molecule has 0 radical (unpaired) electrons. The minimum Gasteiger partial charge on any atom is -0.283 e. The molecule has 8 nitrogen and oxygen atoms in total. The molecular weight excluding hydrogens is 366 g/mol. The summed E-state index contributed by atoms with van der Waals surface area (Å²) in [6.45, 7) is 1.42. The number of hydrogen-bond donors (Lipinski definition) is 2. The van der Waals surface area contributed by atoms with Gasteiger partial charge in [0.05, 0.1) is 5.69 Å². The van der Waals surface area contributed by atoms with Crippen LogP contribution in [0.3, 0.4) is 0 Å². The van der Waals surface area contributed by atoms with Gasteiger partial charge in [0.25, 0.3) is 0 Å². The van der Waals surface area contributed by atoms with Crippen molar-refractivity contribution < 1.29 is 14.0 Å². The number of aliphatic imine (C=N–C) groups is 1. The van der Waals surface area contributed by atoms with Crippen LogP contribution >= 0.6 is 11.8 Å². The Bertz CT molecular complexity index is 1050. The zero-order chi connectivity index (χ0) is 18.8. The third-order valence-electron chi connectivity index (χ3n) is 3.93. The van der Waals surface area contributed by atoms with E-state index in [-0.39, 0.29) is 11.6 Å². The van der Waals surface area contributed by atoms with Crippen LogP contribution in [0.15, 0.2) is 75.0 Å². The maximum atomic E-state index is 12.4. The molecule has 3 aromatic rings. The third kappa shape index (κ3) is 3.36. The SMILES string of the molecule is CC(=O)N1NC(=Nc2ccccc2)SC1c1c(=O)o[nH][n+]1-c1ccccc1. The average Bonchev–Trinajstić information content (AvgIpc) is 3.26. The van der Waals surface area contributed by atoms with E-state index >= 15 is 0 Å². The van der Waals surface area contributed by atoms with Crippen LogP contribution < -0.4 is 15.7 Å². The second kappa shape index (κ2) is 7.12. The standard InChI is InChI=1S/C18H15N5O3S/c1-12(24)22-16(27-18(20-22)19-13-8-4-2-5-9-13)15-17(25)26-21-23(15)14-10-6-3-7-11-14/h2-11,16H,1H3,(H-,19,20,21,25)/p+1. The highest BCUT2D eigenvalue weighted by Gasteiger charge is 2.44. The molecule has 0 saturated carbocycles. The van der Waals surface area contributed by atoms with Gasteiger partial charge in [-0.25, -0.2) is 14.8 Å². The number of thioether (sulfide) groups is 1. The first-order chi connectivity index (χ1) is 13.1. The Morgan fingerprint density at radius 1 is 1.15 bits per heavy atom. The first-order valence-corrected chi connectivity index (χ1v) is 9.07. The van der Waals surface area contributed by atoms with Crippen molar-refractivity contribution in [2.24, 2.45) is 4.99 Å². The summed E-state index contributed by atoms with van der Waals surface area (Å²) in [7, 11) is 0. The first kappa shape index (κ1) is 17.1. The van der Waals surface area contributed by atoms with Crippen molar-refractivity contribution in [2.75, 3.05) is 0 Å². The van der Waals surface area contributed by atoms with Gasteiger partial charge < -0.3 is 0 Å². The van der Waals surface area contributed by atoms with Crippen molar-refractivity contribution in [3.05, 3.63) is 76.8 Å². The zero-order valence-corrected chi connectivity index (χ0v) is 15.1. The normalized spacial score (nSPS) is 17.9. The quantitative estimate of drug-likeness (QED) is 0.676. The number of carbonyl (C=O) groups is 1. The molecule has 1 amide bonds. The van der Waals surface area contributed by atoms with E-state index in [0.29, 0.717) is 5.17 Å². The summed E-state index contributed by atoms with van der Waals surface area (Å²) >= 11 is 1.27. The van der Waals surface area contributed by atoms with Crippen LogP contribution in [0.1, 0.15) is 18.0 Å². The van der Waals surface area contributed by atoms with Crippen LogP contribution in [0.4, 0.5) is 5.69 Å². The Morgan fingerprint density at radius 3 is 2.48 bits per heavy atom. The smallest absolute Gasteiger partial charge is 0.283 e. The third-order valence-corrected chi connectivity index (χ3v) is 4.99. The molecule has 0 aliphatic carbocycles.